The van der Waals surface area contributed by atoms with Gasteiger partial charge >= 0.3 is 0 Å². The first-order chi connectivity index (χ1) is 9.12. The van der Waals surface area contributed by atoms with Crippen LogP contribution in [0.1, 0.15) is 44.7 Å². The van der Waals surface area contributed by atoms with Crippen molar-refractivity contribution >= 4 is 0 Å². The van der Waals surface area contributed by atoms with Crippen LogP contribution >= 0.6 is 0 Å². The van der Waals surface area contributed by atoms with Gasteiger partial charge < -0.3 is 10.6 Å². The third-order valence-corrected chi connectivity index (χ3v) is 4.02. The fourth-order valence-electron chi connectivity index (χ4n) is 2.35. The summed E-state index contributed by atoms with van der Waals surface area (Å²) < 4.78 is 0. The van der Waals surface area contributed by atoms with Crippen molar-refractivity contribution in [3.8, 4) is 0 Å². The van der Waals surface area contributed by atoms with Gasteiger partial charge in [-0.05, 0) is 30.4 Å². The molecule has 2 rings (SSSR count). The first-order valence-electron chi connectivity index (χ1n) is 7.65. The molecule has 1 aromatic rings. The Balaban J connectivity index is 1.75. The second kappa shape index (κ2) is 6.53. The highest BCUT2D eigenvalue weighted by molar-refractivity contribution is 5.28. The van der Waals surface area contributed by atoms with E-state index >= 15 is 0 Å². The average molecular weight is 260 g/mol. The van der Waals surface area contributed by atoms with Crippen LogP contribution in [0.2, 0.25) is 0 Å². The van der Waals surface area contributed by atoms with E-state index in [9.17, 15) is 0 Å². The maximum absolute atomic E-state index is 3.57. The van der Waals surface area contributed by atoms with E-state index in [2.05, 4.69) is 55.7 Å². The van der Waals surface area contributed by atoms with Crippen molar-refractivity contribution in [1.82, 2.24) is 10.6 Å². The molecule has 0 aliphatic heterocycles. The molecule has 2 heteroatoms. The normalized spacial score (nSPS) is 15.7. The van der Waals surface area contributed by atoms with Gasteiger partial charge in [-0.2, -0.15) is 0 Å². The van der Waals surface area contributed by atoms with Crippen molar-refractivity contribution in [2.45, 2.75) is 51.5 Å². The molecule has 0 radical (unpaired) electrons. The number of benzene rings is 1. The number of hydrogen-bond donors (Lipinski definition) is 2. The van der Waals surface area contributed by atoms with Gasteiger partial charge in [-0.25, -0.2) is 0 Å². The SMILES string of the molecule is CCc1ccc(C(C)(C)CNCCNC2CC2)cc1. The Morgan fingerprint density at radius 1 is 1.11 bits per heavy atom. The van der Waals surface area contributed by atoms with E-state index in [0.717, 1.165) is 32.1 Å². The van der Waals surface area contributed by atoms with Gasteiger partial charge in [0.25, 0.3) is 0 Å². The quantitative estimate of drug-likeness (QED) is 0.702. The molecule has 0 heterocycles. The molecule has 1 aliphatic carbocycles. The molecule has 1 saturated carbocycles. The van der Waals surface area contributed by atoms with Gasteiger partial charge in [0.05, 0.1) is 0 Å². The predicted molar refractivity (Wildman–Crippen MR) is 82.7 cm³/mol. The molecule has 1 fully saturated rings. The zero-order chi connectivity index (χ0) is 13.7. The minimum Gasteiger partial charge on any atom is -0.315 e. The summed E-state index contributed by atoms with van der Waals surface area (Å²) in [5.41, 5.74) is 3.04. The van der Waals surface area contributed by atoms with Crippen LogP contribution in [-0.2, 0) is 11.8 Å². The number of nitrogens with one attached hydrogen (secondary N) is 2. The van der Waals surface area contributed by atoms with E-state index in [-0.39, 0.29) is 5.41 Å². The lowest BCUT2D eigenvalue weighted by molar-refractivity contribution is 0.464. The maximum Gasteiger partial charge on any atom is 0.00793 e. The van der Waals surface area contributed by atoms with E-state index in [0.29, 0.717) is 0 Å². The summed E-state index contributed by atoms with van der Waals surface area (Å²) >= 11 is 0. The highest BCUT2D eigenvalue weighted by atomic mass is 15.0. The fourth-order valence-corrected chi connectivity index (χ4v) is 2.35. The monoisotopic (exact) mass is 260 g/mol. The highest BCUT2D eigenvalue weighted by Gasteiger charge is 2.21. The molecule has 0 amide bonds. The molecule has 2 nitrogen and oxygen atoms in total. The van der Waals surface area contributed by atoms with Crippen LogP contribution < -0.4 is 10.6 Å². The van der Waals surface area contributed by atoms with E-state index in [1.807, 2.05) is 0 Å². The van der Waals surface area contributed by atoms with Gasteiger partial charge in [0.1, 0.15) is 0 Å². The fraction of sp³-hybridized carbons (Fsp3) is 0.647. The Kier molecular flexibility index (Phi) is 5.00. The maximum atomic E-state index is 3.57. The van der Waals surface area contributed by atoms with E-state index < -0.39 is 0 Å². The lowest BCUT2D eigenvalue weighted by Gasteiger charge is -2.26. The van der Waals surface area contributed by atoms with Crippen molar-refractivity contribution in [1.29, 1.82) is 0 Å². The third-order valence-electron chi connectivity index (χ3n) is 4.02. The second-order valence-corrected chi connectivity index (χ2v) is 6.34. The van der Waals surface area contributed by atoms with E-state index in [1.165, 1.54) is 24.0 Å². The second-order valence-electron chi connectivity index (χ2n) is 6.34. The first-order valence-corrected chi connectivity index (χ1v) is 7.65. The molecular formula is C17H28N2. The summed E-state index contributed by atoms with van der Waals surface area (Å²) in [6, 6.07) is 9.89. The molecule has 1 aromatic carbocycles. The van der Waals surface area contributed by atoms with E-state index in [4.69, 9.17) is 0 Å². The summed E-state index contributed by atoms with van der Waals surface area (Å²) in [6.45, 7) is 10.0. The van der Waals surface area contributed by atoms with Crippen molar-refractivity contribution in [3.63, 3.8) is 0 Å². The van der Waals surface area contributed by atoms with Crippen molar-refractivity contribution in [3.05, 3.63) is 35.4 Å². The summed E-state index contributed by atoms with van der Waals surface area (Å²) in [5.74, 6) is 0. The molecular weight excluding hydrogens is 232 g/mol. The molecule has 2 N–H and O–H groups in total. The summed E-state index contributed by atoms with van der Waals surface area (Å²) in [5, 5.41) is 7.11. The molecule has 0 unspecified atom stereocenters. The minimum absolute atomic E-state index is 0.200. The number of rotatable bonds is 8. The zero-order valence-electron chi connectivity index (χ0n) is 12.6. The first kappa shape index (κ1) is 14.5. The Bertz CT molecular complexity index is 377. The van der Waals surface area contributed by atoms with Gasteiger partial charge in [-0.1, -0.05) is 45.0 Å². The summed E-state index contributed by atoms with van der Waals surface area (Å²) in [7, 11) is 0. The topological polar surface area (TPSA) is 24.1 Å². The Morgan fingerprint density at radius 2 is 1.79 bits per heavy atom. The molecule has 0 aromatic heterocycles. The van der Waals surface area contributed by atoms with Crippen LogP contribution in [0.15, 0.2) is 24.3 Å². The van der Waals surface area contributed by atoms with Crippen molar-refractivity contribution in [2.24, 2.45) is 0 Å². The van der Waals surface area contributed by atoms with Crippen LogP contribution in [0.3, 0.4) is 0 Å². The van der Waals surface area contributed by atoms with Gasteiger partial charge in [0.2, 0.25) is 0 Å². The van der Waals surface area contributed by atoms with Crippen LogP contribution in [0.5, 0.6) is 0 Å². The number of aryl methyl sites for hydroxylation is 1. The molecule has 0 saturated heterocycles. The average Bonchev–Trinajstić information content (AvgIpc) is 3.22. The van der Waals surface area contributed by atoms with Crippen LogP contribution in [0.4, 0.5) is 0 Å². The van der Waals surface area contributed by atoms with Crippen LogP contribution in [0, 0.1) is 0 Å². The van der Waals surface area contributed by atoms with Gasteiger partial charge in [-0.15, -0.1) is 0 Å². The van der Waals surface area contributed by atoms with Crippen molar-refractivity contribution in [2.75, 3.05) is 19.6 Å². The number of hydrogen-bond acceptors (Lipinski definition) is 2. The van der Waals surface area contributed by atoms with E-state index in [1.54, 1.807) is 0 Å². The molecule has 1 aliphatic rings. The standard InChI is InChI=1S/C17H28N2/c1-4-14-5-7-15(8-6-14)17(2,3)13-18-11-12-19-16-9-10-16/h5-8,16,18-19H,4,9-13H2,1-3H3. The third kappa shape index (κ3) is 4.63. The summed E-state index contributed by atoms with van der Waals surface area (Å²) in [6.07, 6.45) is 3.86. The van der Waals surface area contributed by atoms with Crippen LogP contribution in [-0.4, -0.2) is 25.7 Å². The molecule has 106 valence electrons. The predicted octanol–water partition coefficient (Wildman–Crippen LogP) is 2.87. The van der Waals surface area contributed by atoms with Crippen LogP contribution in [0.25, 0.3) is 0 Å². The largest absolute Gasteiger partial charge is 0.315 e. The molecule has 0 bridgehead atoms. The lowest BCUT2D eigenvalue weighted by Crippen LogP contribution is -2.37. The molecule has 0 spiro atoms. The Hall–Kier alpha value is -0.860. The Morgan fingerprint density at radius 3 is 2.37 bits per heavy atom. The van der Waals surface area contributed by atoms with Gasteiger partial charge in [-0.3, -0.25) is 0 Å². The van der Waals surface area contributed by atoms with Gasteiger partial charge in [0.15, 0.2) is 0 Å². The molecule has 0 atom stereocenters. The van der Waals surface area contributed by atoms with Gasteiger partial charge in [0, 0.05) is 31.1 Å². The Labute approximate surface area is 118 Å². The van der Waals surface area contributed by atoms with Crippen molar-refractivity contribution < 1.29 is 0 Å². The zero-order valence-corrected chi connectivity index (χ0v) is 12.6. The minimum atomic E-state index is 0.200. The highest BCUT2D eigenvalue weighted by Crippen LogP contribution is 2.22. The smallest absolute Gasteiger partial charge is 0.00793 e. The lowest BCUT2D eigenvalue weighted by atomic mass is 9.84. The molecule has 19 heavy (non-hydrogen) atoms. The summed E-state index contributed by atoms with van der Waals surface area (Å²) in [4.78, 5) is 0.